The van der Waals surface area contributed by atoms with Gasteiger partial charge in [0.2, 0.25) is 0 Å². The van der Waals surface area contributed by atoms with Gasteiger partial charge in [-0.3, -0.25) is 0 Å². The maximum absolute atomic E-state index is 5.44. The molecule has 0 amide bonds. The molecule has 0 fully saturated rings. The topological polar surface area (TPSA) is 78.8 Å². The summed E-state index contributed by atoms with van der Waals surface area (Å²) in [5, 5.41) is 12.1. The van der Waals surface area contributed by atoms with E-state index in [1.165, 1.54) is 0 Å². The number of nitrogens with two attached hydrogens (primary N) is 1. The predicted octanol–water partition coefficient (Wildman–Crippen LogP) is 0.621. The Morgan fingerprint density at radius 1 is 1.28 bits per heavy atom. The number of hydrogen-bond donors (Lipinski definition) is 1. The Morgan fingerprint density at radius 3 is 2.72 bits per heavy atom. The molecule has 0 spiro atoms. The zero-order chi connectivity index (χ0) is 12.8. The fraction of sp³-hybridized carbons (Fsp3) is 0.417. The maximum Gasteiger partial charge on any atom is 0.176 e. The number of hydrogen-bond acceptors (Lipinski definition) is 5. The smallest absolute Gasteiger partial charge is 0.176 e. The minimum atomic E-state index is 0.536. The minimum Gasteiger partial charge on any atom is -0.494 e. The molecule has 0 saturated heterocycles. The van der Waals surface area contributed by atoms with Crippen LogP contribution in [0.5, 0.6) is 5.75 Å². The van der Waals surface area contributed by atoms with E-state index in [0.717, 1.165) is 11.3 Å². The standard InChI is InChI=1S/C12H17N5O/c1-2-18-11-5-3-10(4-6-11)9-17-15-12(7-8-13)14-16-17/h3-6H,2,7-9,13H2,1H3. The quantitative estimate of drug-likeness (QED) is 0.809. The number of rotatable bonds is 6. The van der Waals surface area contributed by atoms with Gasteiger partial charge in [-0.15, -0.1) is 10.2 Å². The molecular weight excluding hydrogens is 230 g/mol. The molecule has 96 valence electrons. The molecule has 18 heavy (non-hydrogen) atoms. The normalized spacial score (nSPS) is 10.6. The summed E-state index contributed by atoms with van der Waals surface area (Å²) in [5.41, 5.74) is 6.54. The molecule has 0 atom stereocenters. The number of aromatic nitrogens is 4. The summed E-state index contributed by atoms with van der Waals surface area (Å²) in [6.45, 7) is 3.78. The first-order chi connectivity index (χ1) is 8.81. The monoisotopic (exact) mass is 247 g/mol. The lowest BCUT2D eigenvalue weighted by Gasteiger charge is -2.04. The number of tetrazole rings is 1. The molecule has 1 aromatic heterocycles. The van der Waals surface area contributed by atoms with Crippen molar-refractivity contribution in [1.82, 2.24) is 20.2 Å². The third-order valence-electron chi connectivity index (χ3n) is 2.42. The molecule has 0 bridgehead atoms. The Labute approximate surface area is 106 Å². The van der Waals surface area contributed by atoms with Crippen LogP contribution in [0.25, 0.3) is 0 Å². The third kappa shape index (κ3) is 3.27. The molecular formula is C12H17N5O. The Bertz CT molecular complexity index is 479. The van der Waals surface area contributed by atoms with Crippen LogP contribution in [0.1, 0.15) is 18.3 Å². The van der Waals surface area contributed by atoms with Gasteiger partial charge < -0.3 is 10.5 Å². The molecule has 2 rings (SSSR count). The highest BCUT2D eigenvalue weighted by Crippen LogP contribution is 2.12. The molecule has 0 aliphatic carbocycles. The van der Waals surface area contributed by atoms with E-state index in [9.17, 15) is 0 Å². The van der Waals surface area contributed by atoms with E-state index < -0.39 is 0 Å². The van der Waals surface area contributed by atoms with Crippen molar-refractivity contribution in [1.29, 1.82) is 0 Å². The molecule has 1 aromatic carbocycles. The van der Waals surface area contributed by atoms with Crippen molar-refractivity contribution in [2.24, 2.45) is 5.73 Å². The molecule has 0 unspecified atom stereocenters. The lowest BCUT2D eigenvalue weighted by Crippen LogP contribution is -2.06. The fourth-order valence-electron chi connectivity index (χ4n) is 1.59. The second kappa shape index (κ2) is 6.11. The lowest BCUT2D eigenvalue weighted by molar-refractivity contribution is 0.340. The van der Waals surface area contributed by atoms with Crippen molar-refractivity contribution in [3.63, 3.8) is 0 Å². The van der Waals surface area contributed by atoms with E-state index in [-0.39, 0.29) is 0 Å². The van der Waals surface area contributed by atoms with Gasteiger partial charge in [0.25, 0.3) is 0 Å². The largest absolute Gasteiger partial charge is 0.494 e. The van der Waals surface area contributed by atoms with Gasteiger partial charge in [-0.1, -0.05) is 12.1 Å². The van der Waals surface area contributed by atoms with Crippen molar-refractivity contribution in [2.75, 3.05) is 13.2 Å². The average Bonchev–Trinajstić information content (AvgIpc) is 2.80. The first-order valence-corrected chi connectivity index (χ1v) is 6.00. The van der Waals surface area contributed by atoms with Crippen LogP contribution < -0.4 is 10.5 Å². The average molecular weight is 247 g/mol. The summed E-state index contributed by atoms with van der Waals surface area (Å²) >= 11 is 0. The van der Waals surface area contributed by atoms with E-state index in [1.807, 2.05) is 31.2 Å². The van der Waals surface area contributed by atoms with Crippen LogP contribution >= 0.6 is 0 Å². The summed E-state index contributed by atoms with van der Waals surface area (Å²) < 4.78 is 5.38. The van der Waals surface area contributed by atoms with Crippen LogP contribution in [0.3, 0.4) is 0 Å². The Balaban J connectivity index is 1.99. The van der Waals surface area contributed by atoms with E-state index in [0.29, 0.717) is 31.9 Å². The van der Waals surface area contributed by atoms with Crippen molar-refractivity contribution in [2.45, 2.75) is 19.9 Å². The molecule has 0 aliphatic heterocycles. The highest BCUT2D eigenvalue weighted by Gasteiger charge is 2.02. The summed E-state index contributed by atoms with van der Waals surface area (Å²) in [4.78, 5) is 1.57. The van der Waals surface area contributed by atoms with Crippen LogP contribution in [-0.4, -0.2) is 33.4 Å². The third-order valence-corrected chi connectivity index (χ3v) is 2.42. The van der Waals surface area contributed by atoms with Crippen LogP contribution in [0.4, 0.5) is 0 Å². The van der Waals surface area contributed by atoms with E-state index in [2.05, 4.69) is 15.4 Å². The Morgan fingerprint density at radius 2 is 2.06 bits per heavy atom. The zero-order valence-corrected chi connectivity index (χ0v) is 10.4. The van der Waals surface area contributed by atoms with Crippen molar-refractivity contribution in [3.8, 4) is 5.75 Å². The van der Waals surface area contributed by atoms with Crippen molar-refractivity contribution >= 4 is 0 Å². The minimum absolute atomic E-state index is 0.536. The van der Waals surface area contributed by atoms with Crippen LogP contribution in [0, 0.1) is 0 Å². The summed E-state index contributed by atoms with van der Waals surface area (Å²) in [7, 11) is 0. The first kappa shape index (κ1) is 12.5. The van der Waals surface area contributed by atoms with Crippen LogP contribution in [0.2, 0.25) is 0 Å². The number of nitrogens with zero attached hydrogens (tertiary/aromatic N) is 4. The van der Waals surface area contributed by atoms with E-state index in [4.69, 9.17) is 10.5 Å². The predicted molar refractivity (Wildman–Crippen MR) is 67.3 cm³/mol. The molecule has 2 aromatic rings. The van der Waals surface area contributed by atoms with Gasteiger partial charge in [-0.25, -0.2) is 0 Å². The lowest BCUT2D eigenvalue weighted by atomic mass is 10.2. The number of benzene rings is 1. The molecule has 0 radical (unpaired) electrons. The molecule has 1 heterocycles. The second-order valence-electron chi connectivity index (χ2n) is 3.85. The SMILES string of the molecule is CCOc1ccc(Cn2nnc(CCN)n2)cc1. The Kier molecular flexibility index (Phi) is 4.25. The van der Waals surface area contributed by atoms with Gasteiger partial charge in [0.1, 0.15) is 5.75 Å². The van der Waals surface area contributed by atoms with Gasteiger partial charge in [0.05, 0.1) is 13.2 Å². The molecule has 0 saturated carbocycles. The zero-order valence-electron chi connectivity index (χ0n) is 10.4. The highest BCUT2D eigenvalue weighted by atomic mass is 16.5. The molecule has 2 N–H and O–H groups in total. The van der Waals surface area contributed by atoms with E-state index >= 15 is 0 Å². The highest BCUT2D eigenvalue weighted by molar-refractivity contribution is 5.27. The van der Waals surface area contributed by atoms with Crippen LogP contribution in [0.15, 0.2) is 24.3 Å². The van der Waals surface area contributed by atoms with Gasteiger partial charge in [-0.2, -0.15) is 4.80 Å². The first-order valence-electron chi connectivity index (χ1n) is 6.00. The Hall–Kier alpha value is -1.95. The van der Waals surface area contributed by atoms with Gasteiger partial charge in [0, 0.05) is 6.42 Å². The number of ether oxygens (including phenoxy) is 1. The summed E-state index contributed by atoms with van der Waals surface area (Å²) in [6.07, 6.45) is 0.656. The summed E-state index contributed by atoms with van der Waals surface area (Å²) in [6, 6.07) is 7.88. The molecule has 6 nitrogen and oxygen atoms in total. The van der Waals surface area contributed by atoms with Crippen LogP contribution in [-0.2, 0) is 13.0 Å². The van der Waals surface area contributed by atoms with Gasteiger partial charge in [0.15, 0.2) is 5.82 Å². The molecule has 6 heteroatoms. The summed E-state index contributed by atoms with van der Waals surface area (Å²) in [5.74, 6) is 1.56. The van der Waals surface area contributed by atoms with Gasteiger partial charge in [-0.05, 0) is 36.4 Å². The van der Waals surface area contributed by atoms with E-state index in [1.54, 1.807) is 4.80 Å². The maximum atomic E-state index is 5.44. The second-order valence-corrected chi connectivity index (χ2v) is 3.85. The van der Waals surface area contributed by atoms with Crippen molar-refractivity contribution in [3.05, 3.63) is 35.7 Å². The van der Waals surface area contributed by atoms with Crippen molar-refractivity contribution < 1.29 is 4.74 Å². The van der Waals surface area contributed by atoms with Gasteiger partial charge >= 0.3 is 0 Å². The molecule has 0 aliphatic rings. The fourth-order valence-corrected chi connectivity index (χ4v) is 1.59.